The summed E-state index contributed by atoms with van der Waals surface area (Å²) in [5.41, 5.74) is 14.3. The van der Waals surface area contributed by atoms with E-state index >= 15 is 0 Å². The first-order valence-electron chi connectivity index (χ1n) is 13.1. The number of para-hydroxylation sites is 1. The molecule has 2 fully saturated rings. The van der Waals surface area contributed by atoms with Gasteiger partial charge in [-0.3, -0.25) is 9.09 Å². The van der Waals surface area contributed by atoms with Crippen LogP contribution >= 0.6 is 7.75 Å². The van der Waals surface area contributed by atoms with Gasteiger partial charge in [-0.05, 0) is 44.4 Å². The summed E-state index contributed by atoms with van der Waals surface area (Å²) in [6.07, 6.45) is 1.64. The Morgan fingerprint density at radius 2 is 2.08 bits per heavy atom. The molecule has 1 aliphatic carbocycles. The highest BCUT2D eigenvalue weighted by Crippen LogP contribution is 2.49. The molecular weight excluding hydrogens is 541 g/mol. The fraction of sp³-hybridized carbons (Fsp3) is 0.542. The Balaban J connectivity index is 1.42. The average molecular weight is 574 g/mol. The Kier molecular flexibility index (Phi) is 8.13. The lowest BCUT2D eigenvalue weighted by Gasteiger charge is -2.28. The third-order valence-electron chi connectivity index (χ3n) is 7.03. The molecule has 2 aliphatic rings. The van der Waals surface area contributed by atoms with Gasteiger partial charge in [-0.25, -0.2) is 14.6 Å². The Bertz CT molecular complexity index is 1430. The van der Waals surface area contributed by atoms with E-state index in [0.29, 0.717) is 17.9 Å². The van der Waals surface area contributed by atoms with Gasteiger partial charge in [-0.15, -0.1) is 0 Å². The number of azide groups is 1. The molecule has 1 saturated heterocycles. The number of ether oxygens (including phenoxy) is 2. The number of hydrogen-bond donors (Lipinski definition) is 3. The van der Waals surface area contributed by atoms with Crippen molar-refractivity contribution in [2.45, 2.75) is 69.5 Å². The summed E-state index contributed by atoms with van der Waals surface area (Å²) in [6.45, 7) is 3.33. The third-order valence-corrected chi connectivity index (χ3v) is 8.65. The lowest BCUT2D eigenvalue weighted by molar-refractivity contribution is -0.0424. The molecule has 5 rings (SSSR count). The Hall–Kier alpha value is -3.45. The molecule has 1 unspecified atom stereocenters. The molecule has 0 bridgehead atoms. The van der Waals surface area contributed by atoms with Crippen LogP contribution in [0.4, 0.5) is 5.95 Å². The number of rotatable bonds is 11. The van der Waals surface area contributed by atoms with Gasteiger partial charge in [0.1, 0.15) is 17.4 Å². The zero-order valence-electron chi connectivity index (χ0n) is 22.2. The van der Waals surface area contributed by atoms with E-state index in [0.717, 1.165) is 25.7 Å². The van der Waals surface area contributed by atoms with Crippen molar-refractivity contribution in [2.24, 2.45) is 5.11 Å². The third kappa shape index (κ3) is 5.57. The van der Waals surface area contributed by atoms with Gasteiger partial charge >= 0.3 is 7.75 Å². The largest absolute Gasteiger partial charge is 0.476 e. The van der Waals surface area contributed by atoms with E-state index in [1.54, 1.807) is 38.1 Å². The predicted molar refractivity (Wildman–Crippen MR) is 144 cm³/mol. The minimum atomic E-state index is -3.88. The monoisotopic (exact) mass is 573 g/mol. The van der Waals surface area contributed by atoms with Gasteiger partial charge in [0, 0.05) is 11.0 Å². The SMILES string of the molecule is CCOc1nc(N)nc2c1ncn2[C@@H]1O[C@H](COP(=O)(NC2CCCC2)Oc2ccccc2)[C@@H](O)[C@@]1(C)N=[N+]=[N-]. The molecule has 40 heavy (non-hydrogen) atoms. The van der Waals surface area contributed by atoms with E-state index in [4.69, 9.17) is 24.3 Å². The fourth-order valence-electron chi connectivity index (χ4n) is 5.06. The van der Waals surface area contributed by atoms with Gasteiger partial charge in [0.2, 0.25) is 11.8 Å². The summed E-state index contributed by atoms with van der Waals surface area (Å²) in [5.74, 6) is 0.497. The number of nitrogens with one attached hydrogen (secondary N) is 1. The smallest absolute Gasteiger partial charge is 0.459 e. The average Bonchev–Trinajstić information content (AvgIpc) is 3.64. The number of anilines is 1. The van der Waals surface area contributed by atoms with Crippen LogP contribution in [0.2, 0.25) is 0 Å². The zero-order valence-corrected chi connectivity index (χ0v) is 23.1. The van der Waals surface area contributed by atoms with E-state index in [2.05, 4.69) is 30.1 Å². The van der Waals surface area contributed by atoms with E-state index in [-0.39, 0.29) is 30.1 Å². The molecule has 0 amide bonds. The number of aromatic nitrogens is 4. The summed E-state index contributed by atoms with van der Waals surface area (Å²) in [5, 5.41) is 18.2. The molecule has 214 valence electrons. The van der Waals surface area contributed by atoms with Crippen molar-refractivity contribution in [1.29, 1.82) is 0 Å². The van der Waals surface area contributed by atoms with E-state index in [9.17, 15) is 15.2 Å². The zero-order chi connectivity index (χ0) is 28.3. The van der Waals surface area contributed by atoms with Crippen LogP contribution in [0, 0.1) is 0 Å². The molecule has 4 N–H and O–H groups in total. The van der Waals surface area contributed by atoms with Crippen LogP contribution in [0.1, 0.15) is 45.8 Å². The molecule has 2 aromatic heterocycles. The topological polar surface area (TPSA) is 205 Å². The van der Waals surface area contributed by atoms with Crippen LogP contribution < -0.4 is 20.1 Å². The van der Waals surface area contributed by atoms with Crippen molar-refractivity contribution in [3.8, 4) is 11.6 Å². The van der Waals surface area contributed by atoms with E-state index in [1.807, 2.05) is 6.07 Å². The van der Waals surface area contributed by atoms with Crippen molar-refractivity contribution in [1.82, 2.24) is 24.6 Å². The van der Waals surface area contributed by atoms with Gasteiger partial charge < -0.3 is 24.8 Å². The summed E-state index contributed by atoms with van der Waals surface area (Å²) < 4.78 is 38.8. The summed E-state index contributed by atoms with van der Waals surface area (Å²) in [4.78, 5) is 15.7. The quantitative estimate of drug-likeness (QED) is 0.130. The van der Waals surface area contributed by atoms with Crippen molar-refractivity contribution >= 4 is 24.9 Å². The number of aliphatic hydroxyl groups is 1. The van der Waals surface area contributed by atoms with Crippen LogP contribution in [-0.2, 0) is 13.8 Å². The minimum absolute atomic E-state index is 0.0350. The standard InChI is InChI=1S/C24H32N9O6P/c1-3-36-21-18-20(28-23(25)29-21)33(14-27-18)22-24(2,31-32-26)19(34)17(38-22)13-37-40(35,30-15-9-7-8-10-15)39-16-11-5-4-6-12-16/h4-6,11-12,14-15,17,19,22,34H,3,7-10,13H2,1-2H3,(H,30,35)(H2,25,28,29)/t17-,19-,22-,24-,40?/m1/s1. The molecule has 3 aromatic rings. The molecule has 1 saturated carbocycles. The number of fused-ring (bicyclic) bond motifs is 1. The lowest BCUT2D eigenvalue weighted by Crippen LogP contribution is -2.43. The second-order valence-electron chi connectivity index (χ2n) is 9.84. The van der Waals surface area contributed by atoms with Crippen molar-refractivity contribution < 1.29 is 28.2 Å². The van der Waals surface area contributed by atoms with Crippen molar-refractivity contribution in [3.63, 3.8) is 0 Å². The number of aliphatic hydroxyl groups excluding tert-OH is 1. The number of hydrogen-bond acceptors (Lipinski definition) is 11. The number of imidazole rings is 1. The Morgan fingerprint density at radius 3 is 2.77 bits per heavy atom. The number of nitrogens with two attached hydrogens (primary N) is 1. The lowest BCUT2D eigenvalue weighted by atomic mass is 9.93. The molecule has 16 heteroatoms. The first-order valence-corrected chi connectivity index (χ1v) is 14.6. The molecule has 5 atom stereocenters. The normalized spacial score (nSPS) is 26.4. The van der Waals surface area contributed by atoms with E-state index < -0.39 is 31.7 Å². The van der Waals surface area contributed by atoms with Gasteiger partial charge in [0.15, 0.2) is 17.4 Å². The second-order valence-corrected chi connectivity index (χ2v) is 11.5. The molecule has 0 spiro atoms. The molecule has 15 nitrogen and oxygen atoms in total. The highest BCUT2D eigenvalue weighted by molar-refractivity contribution is 7.52. The fourth-order valence-corrected chi connectivity index (χ4v) is 6.69. The van der Waals surface area contributed by atoms with Crippen LogP contribution in [0.15, 0.2) is 41.8 Å². The maximum absolute atomic E-state index is 13.9. The van der Waals surface area contributed by atoms with Gasteiger partial charge in [-0.1, -0.05) is 36.2 Å². The Morgan fingerprint density at radius 1 is 1.32 bits per heavy atom. The van der Waals surface area contributed by atoms with Gasteiger partial charge in [0.25, 0.3) is 0 Å². The minimum Gasteiger partial charge on any atom is -0.476 e. The first-order chi connectivity index (χ1) is 19.3. The van der Waals surface area contributed by atoms with Gasteiger partial charge in [-0.2, -0.15) is 9.97 Å². The molecule has 3 heterocycles. The predicted octanol–water partition coefficient (Wildman–Crippen LogP) is 3.87. The molecule has 0 radical (unpaired) electrons. The van der Waals surface area contributed by atoms with Crippen LogP contribution in [-0.4, -0.2) is 61.6 Å². The maximum atomic E-state index is 13.9. The van der Waals surface area contributed by atoms with E-state index in [1.165, 1.54) is 10.9 Å². The number of nitrogens with zero attached hydrogens (tertiary/aromatic N) is 7. The van der Waals surface area contributed by atoms with Crippen LogP contribution in [0.25, 0.3) is 21.6 Å². The summed E-state index contributed by atoms with van der Waals surface area (Å²) >= 11 is 0. The Labute approximate surface area is 230 Å². The van der Waals surface area contributed by atoms with Crippen LogP contribution in [0.3, 0.4) is 0 Å². The highest BCUT2D eigenvalue weighted by atomic mass is 31.2. The number of benzene rings is 1. The highest BCUT2D eigenvalue weighted by Gasteiger charge is 2.55. The summed E-state index contributed by atoms with van der Waals surface area (Å²) in [7, 11) is -3.88. The second kappa shape index (κ2) is 11.6. The molecule has 1 aromatic carbocycles. The molecular formula is C24H32N9O6P. The maximum Gasteiger partial charge on any atom is 0.459 e. The van der Waals surface area contributed by atoms with Gasteiger partial charge in [0.05, 0.1) is 25.6 Å². The van der Waals surface area contributed by atoms with Crippen molar-refractivity contribution in [2.75, 3.05) is 18.9 Å². The first kappa shape index (κ1) is 28.1. The van der Waals surface area contributed by atoms with Crippen LogP contribution in [0.5, 0.6) is 11.6 Å². The summed E-state index contributed by atoms with van der Waals surface area (Å²) in [6, 6.07) is 8.66. The molecule has 1 aliphatic heterocycles. The number of nitrogen functional groups attached to an aromatic ring is 1. The van der Waals surface area contributed by atoms with Crippen molar-refractivity contribution in [3.05, 3.63) is 47.1 Å².